The Balaban J connectivity index is 4.88. The number of carbonyl (C=O) groups is 2. The molecule has 0 saturated carbocycles. The fourth-order valence-corrected chi connectivity index (χ4v) is 1.37. The van der Waals surface area contributed by atoms with Crippen LogP contribution in [0.2, 0.25) is 0 Å². The molecule has 1 atom stereocenters. The molecule has 0 spiro atoms. The van der Waals surface area contributed by atoms with Crippen LogP contribution in [-0.4, -0.2) is 35.5 Å². The predicted molar refractivity (Wildman–Crippen MR) is 67.8 cm³/mol. The summed E-state index contributed by atoms with van der Waals surface area (Å²) in [5, 5.41) is 0. The molecule has 0 saturated heterocycles. The van der Waals surface area contributed by atoms with Crippen LogP contribution in [0, 0.1) is 5.92 Å². The lowest BCUT2D eigenvalue weighted by Crippen LogP contribution is -2.46. The van der Waals surface area contributed by atoms with Crippen molar-refractivity contribution in [2.75, 3.05) is 6.54 Å². The first-order chi connectivity index (χ1) is 7.72. The topological polar surface area (TPSA) is 46.6 Å². The Bertz CT molecular complexity index is 279. The number of ether oxygens (including phenoxy) is 1. The van der Waals surface area contributed by atoms with Crippen molar-refractivity contribution in [2.24, 2.45) is 5.92 Å². The van der Waals surface area contributed by atoms with Crippen LogP contribution in [-0.2, 0) is 9.53 Å². The summed E-state index contributed by atoms with van der Waals surface area (Å²) in [6.45, 7) is 13.1. The summed E-state index contributed by atoms with van der Waals surface area (Å²) in [6.07, 6.45) is 1.88. The maximum atomic E-state index is 12.0. The number of carbonyl (C=O) groups excluding carboxylic acids is 2. The first kappa shape index (κ1) is 15.7. The number of hydrogen-bond acceptors (Lipinski definition) is 3. The van der Waals surface area contributed by atoms with E-state index in [0.29, 0.717) is 6.54 Å². The Hall–Kier alpha value is -1.32. The van der Waals surface area contributed by atoms with E-state index in [1.165, 1.54) is 4.90 Å². The number of nitrogens with zero attached hydrogens (tertiary/aromatic N) is 1. The van der Waals surface area contributed by atoms with E-state index in [-0.39, 0.29) is 5.92 Å². The molecular formula is C13H23NO3. The molecule has 4 nitrogen and oxygen atoms in total. The van der Waals surface area contributed by atoms with Gasteiger partial charge in [0.15, 0.2) is 0 Å². The van der Waals surface area contributed by atoms with Crippen LogP contribution in [0.3, 0.4) is 0 Å². The zero-order valence-corrected chi connectivity index (χ0v) is 11.4. The van der Waals surface area contributed by atoms with E-state index in [1.807, 2.05) is 13.8 Å². The second-order valence-corrected chi connectivity index (χ2v) is 5.29. The number of amides is 1. The summed E-state index contributed by atoms with van der Waals surface area (Å²) in [5.41, 5.74) is -0.569. The SMILES string of the molecule is C=CCN(C(=O)OC(C)(C)C)[C@H](C=O)C(C)C. The van der Waals surface area contributed by atoms with Gasteiger partial charge in [-0.2, -0.15) is 0 Å². The van der Waals surface area contributed by atoms with E-state index < -0.39 is 17.7 Å². The van der Waals surface area contributed by atoms with Crippen molar-refractivity contribution in [2.45, 2.75) is 46.3 Å². The smallest absolute Gasteiger partial charge is 0.411 e. The molecule has 0 heterocycles. The molecule has 0 bridgehead atoms. The first-order valence-corrected chi connectivity index (χ1v) is 5.78. The molecule has 0 aliphatic heterocycles. The average Bonchev–Trinajstić information content (AvgIpc) is 2.14. The zero-order valence-electron chi connectivity index (χ0n) is 11.4. The number of hydrogen-bond donors (Lipinski definition) is 0. The quantitative estimate of drug-likeness (QED) is 0.549. The molecule has 0 aliphatic carbocycles. The molecule has 0 aliphatic rings. The zero-order chi connectivity index (χ0) is 13.6. The van der Waals surface area contributed by atoms with Gasteiger partial charge in [-0.05, 0) is 26.7 Å². The molecule has 98 valence electrons. The third-order valence-electron chi connectivity index (χ3n) is 2.14. The highest BCUT2D eigenvalue weighted by Gasteiger charge is 2.29. The van der Waals surface area contributed by atoms with Gasteiger partial charge in [0.2, 0.25) is 0 Å². The van der Waals surface area contributed by atoms with Crippen LogP contribution < -0.4 is 0 Å². The average molecular weight is 241 g/mol. The van der Waals surface area contributed by atoms with Gasteiger partial charge < -0.3 is 9.53 Å². The largest absolute Gasteiger partial charge is 0.444 e. The molecule has 0 fully saturated rings. The van der Waals surface area contributed by atoms with Gasteiger partial charge in [0, 0.05) is 6.54 Å². The predicted octanol–water partition coefficient (Wildman–Crippen LogP) is 2.63. The van der Waals surface area contributed by atoms with Crippen molar-refractivity contribution in [3.05, 3.63) is 12.7 Å². The van der Waals surface area contributed by atoms with Gasteiger partial charge >= 0.3 is 6.09 Å². The third kappa shape index (κ3) is 5.52. The minimum absolute atomic E-state index is 0.0416. The Labute approximate surface area is 104 Å². The summed E-state index contributed by atoms with van der Waals surface area (Å²) in [5.74, 6) is 0.0416. The van der Waals surface area contributed by atoms with E-state index >= 15 is 0 Å². The first-order valence-electron chi connectivity index (χ1n) is 5.78. The molecule has 0 aromatic carbocycles. The van der Waals surface area contributed by atoms with Crippen molar-refractivity contribution in [3.8, 4) is 0 Å². The Kier molecular flexibility index (Phi) is 5.93. The van der Waals surface area contributed by atoms with Crippen molar-refractivity contribution in [1.82, 2.24) is 4.90 Å². The van der Waals surface area contributed by atoms with Crippen LogP contribution >= 0.6 is 0 Å². The highest BCUT2D eigenvalue weighted by Crippen LogP contribution is 2.15. The molecule has 0 N–H and O–H groups in total. The fraction of sp³-hybridized carbons (Fsp3) is 0.692. The van der Waals surface area contributed by atoms with Crippen molar-refractivity contribution in [1.29, 1.82) is 0 Å². The van der Waals surface area contributed by atoms with Crippen molar-refractivity contribution >= 4 is 12.4 Å². The Morgan fingerprint density at radius 3 is 2.24 bits per heavy atom. The Morgan fingerprint density at radius 2 is 1.94 bits per heavy atom. The summed E-state index contributed by atoms with van der Waals surface area (Å²) in [4.78, 5) is 24.4. The highest BCUT2D eigenvalue weighted by atomic mass is 16.6. The van der Waals surface area contributed by atoms with E-state index in [2.05, 4.69) is 6.58 Å². The normalized spacial score (nSPS) is 13.1. The van der Waals surface area contributed by atoms with Crippen LogP contribution in [0.25, 0.3) is 0 Å². The molecule has 17 heavy (non-hydrogen) atoms. The monoisotopic (exact) mass is 241 g/mol. The van der Waals surface area contributed by atoms with Crippen LogP contribution in [0.15, 0.2) is 12.7 Å². The molecule has 1 amide bonds. The molecular weight excluding hydrogens is 218 g/mol. The second-order valence-electron chi connectivity index (χ2n) is 5.29. The fourth-order valence-electron chi connectivity index (χ4n) is 1.37. The van der Waals surface area contributed by atoms with Gasteiger partial charge in [-0.3, -0.25) is 4.90 Å². The van der Waals surface area contributed by atoms with E-state index in [9.17, 15) is 9.59 Å². The van der Waals surface area contributed by atoms with Crippen molar-refractivity contribution < 1.29 is 14.3 Å². The summed E-state index contributed by atoms with van der Waals surface area (Å²) < 4.78 is 5.27. The minimum Gasteiger partial charge on any atom is -0.444 e. The number of aldehydes is 1. The second kappa shape index (κ2) is 6.42. The van der Waals surface area contributed by atoms with Gasteiger partial charge in [0.1, 0.15) is 11.9 Å². The van der Waals surface area contributed by atoms with Gasteiger partial charge in [-0.1, -0.05) is 19.9 Å². The summed E-state index contributed by atoms with van der Waals surface area (Å²) in [6, 6.07) is -0.483. The van der Waals surface area contributed by atoms with E-state index in [0.717, 1.165) is 6.29 Å². The molecule has 4 heteroatoms. The van der Waals surface area contributed by atoms with Gasteiger partial charge in [-0.15, -0.1) is 6.58 Å². The van der Waals surface area contributed by atoms with E-state index in [4.69, 9.17) is 4.74 Å². The molecule has 0 rings (SSSR count). The lowest BCUT2D eigenvalue weighted by atomic mass is 10.0. The standard InChI is InChI=1S/C13H23NO3/c1-7-8-14(11(9-15)10(2)3)12(16)17-13(4,5)6/h7,9-11H,1,8H2,2-6H3/t11-/m1/s1. The third-order valence-corrected chi connectivity index (χ3v) is 2.14. The molecule has 0 aromatic rings. The lowest BCUT2D eigenvalue weighted by Gasteiger charge is -2.32. The van der Waals surface area contributed by atoms with Crippen LogP contribution in [0.4, 0.5) is 4.79 Å². The highest BCUT2D eigenvalue weighted by molar-refractivity contribution is 5.74. The van der Waals surface area contributed by atoms with Gasteiger partial charge in [-0.25, -0.2) is 4.79 Å². The minimum atomic E-state index is -0.569. The lowest BCUT2D eigenvalue weighted by molar-refractivity contribution is -0.113. The summed E-state index contributed by atoms with van der Waals surface area (Å²) >= 11 is 0. The summed E-state index contributed by atoms with van der Waals surface area (Å²) in [7, 11) is 0. The molecule has 0 radical (unpaired) electrons. The van der Waals surface area contributed by atoms with Gasteiger partial charge in [0.05, 0.1) is 6.04 Å². The maximum Gasteiger partial charge on any atom is 0.411 e. The van der Waals surface area contributed by atoms with Crippen LogP contribution in [0.5, 0.6) is 0 Å². The number of rotatable bonds is 5. The van der Waals surface area contributed by atoms with Crippen molar-refractivity contribution in [3.63, 3.8) is 0 Å². The Morgan fingerprint density at radius 1 is 1.41 bits per heavy atom. The molecule has 0 aromatic heterocycles. The van der Waals surface area contributed by atoms with E-state index in [1.54, 1.807) is 26.8 Å². The molecule has 0 unspecified atom stereocenters. The van der Waals surface area contributed by atoms with Gasteiger partial charge in [0.25, 0.3) is 0 Å². The van der Waals surface area contributed by atoms with Crippen LogP contribution in [0.1, 0.15) is 34.6 Å². The maximum absolute atomic E-state index is 12.0.